The van der Waals surface area contributed by atoms with Gasteiger partial charge in [0.2, 0.25) is 5.91 Å². The number of benzene rings is 1. The maximum atomic E-state index is 12.3. The first kappa shape index (κ1) is 16.7. The molecular formula is C17H21N3O3S. The first-order valence-corrected chi connectivity index (χ1v) is 9.64. The van der Waals surface area contributed by atoms with E-state index in [4.69, 9.17) is 0 Å². The number of hydrogen-bond donors (Lipinski definition) is 1. The van der Waals surface area contributed by atoms with E-state index in [0.717, 1.165) is 11.4 Å². The Balaban J connectivity index is 1.68. The van der Waals surface area contributed by atoms with Crippen molar-refractivity contribution < 1.29 is 13.2 Å². The van der Waals surface area contributed by atoms with E-state index in [1.807, 2.05) is 24.6 Å². The number of hydrogen-bond acceptors (Lipinski definition) is 4. The quantitative estimate of drug-likeness (QED) is 0.916. The second-order valence-corrected chi connectivity index (χ2v) is 8.24. The summed E-state index contributed by atoms with van der Waals surface area (Å²) in [5.74, 6) is -0.0338. The Labute approximate surface area is 141 Å². The van der Waals surface area contributed by atoms with Gasteiger partial charge in [0.05, 0.1) is 22.4 Å². The SMILES string of the molecule is Cc1cc(C)n(CCC(=O)N[C@@H]2CCS(=O)(=O)c3ccccc32)n1. The molecule has 2 heterocycles. The Kier molecular flexibility index (Phi) is 4.45. The molecule has 1 amide bonds. The summed E-state index contributed by atoms with van der Waals surface area (Å²) in [5, 5.41) is 7.31. The first-order chi connectivity index (χ1) is 11.4. The Hall–Kier alpha value is -2.15. The molecule has 128 valence electrons. The van der Waals surface area contributed by atoms with Crippen LogP contribution in [0.3, 0.4) is 0 Å². The van der Waals surface area contributed by atoms with Gasteiger partial charge in [-0.15, -0.1) is 0 Å². The predicted octanol–water partition coefficient (Wildman–Crippen LogP) is 1.92. The van der Waals surface area contributed by atoms with Crippen molar-refractivity contribution in [2.24, 2.45) is 0 Å². The van der Waals surface area contributed by atoms with Crippen LogP contribution in [0, 0.1) is 13.8 Å². The van der Waals surface area contributed by atoms with E-state index >= 15 is 0 Å². The van der Waals surface area contributed by atoms with Gasteiger partial charge in [0.25, 0.3) is 0 Å². The Morgan fingerprint density at radius 1 is 1.33 bits per heavy atom. The summed E-state index contributed by atoms with van der Waals surface area (Å²) in [6, 6.07) is 8.62. The van der Waals surface area contributed by atoms with Crippen LogP contribution in [0.25, 0.3) is 0 Å². The van der Waals surface area contributed by atoms with Crippen LogP contribution in [0.5, 0.6) is 0 Å². The summed E-state index contributed by atoms with van der Waals surface area (Å²) < 4.78 is 26.1. The monoisotopic (exact) mass is 347 g/mol. The zero-order valence-corrected chi connectivity index (χ0v) is 14.6. The molecule has 0 radical (unpaired) electrons. The van der Waals surface area contributed by atoms with E-state index < -0.39 is 9.84 Å². The Bertz CT molecular complexity index is 871. The fraction of sp³-hybridized carbons (Fsp3) is 0.412. The molecule has 0 spiro atoms. The number of fused-ring (bicyclic) bond motifs is 1. The number of aromatic nitrogens is 2. The lowest BCUT2D eigenvalue weighted by atomic mass is 10.0. The highest BCUT2D eigenvalue weighted by Gasteiger charge is 2.30. The van der Waals surface area contributed by atoms with E-state index in [-0.39, 0.29) is 17.7 Å². The molecule has 0 fully saturated rings. The number of sulfone groups is 1. The molecule has 6 nitrogen and oxygen atoms in total. The summed E-state index contributed by atoms with van der Waals surface area (Å²) in [4.78, 5) is 12.6. The third-order valence-electron chi connectivity index (χ3n) is 4.29. The van der Waals surface area contributed by atoms with E-state index in [1.165, 1.54) is 0 Å². The average molecular weight is 347 g/mol. The van der Waals surface area contributed by atoms with Crippen molar-refractivity contribution in [3.63, 3.8) is 0 Å². The summed E-state index contributed by atoms with van der Waals surface area (Å²) in [6.07, 6.45) is 0.721. The van der Waals surface area contributed by atoms with E-state index in [9.17, 15) is 13.2 Å². The predicted molar refractivity (Wildman–Crippen MR) is 90.3 cm³/mol. The molecule has 24 heavy (non-hydrogen) atoms. The van der Waals surface area contributed by atoms with Gasteiger partial charge in [-0.1, -0.05) is 18.2 Å². The van der Waals surface area contributed by atoms with Crippen molar-refractivity contribution in [3.05, 3.63) is 47.3 Å². The molecule has 3 rings (SSSR count). The second-order valence-electron chi connectivity index (χ2n) is 6.17. The zero-order valence-electron chi connectivity index (χ0n) is 13.8. The number of nitrogens with zero attached hydrogens (tertiary/aromatic N) is 2. The fourth-order valence-corrected chi connectivity index (χ4v) is 4.74. The largest absolute Gasteiger partial charge is 0.349 e. The molecule has 0 bridgehead atoms. The minimum absolute atomic E-state index is 0.0619. The van der Waals surface area contributed by atoms with Gasteiger partial charge < -0.3 is 5.32 Å². The molecule has 2 aromatic rings. The lowest BCUT2D eigenvalue weighted by molar-refractivity contribution is -0.122. The minimum atomic E-state index is -3.23. The summed E-state index contributed by atoms with van der Waals surface area (Å²) in [7, 11) is -3.23. The molecule has 0 saturated heterocycles. The molecule has 0 saturated carbocycles. The number of aryl methyl sites for hydroxylation is 3. The van der Waals surface area contributed by atoms with Crippen molar-refractivity contribution in [3.8, 4) is 0 Å². The molecule has 7 heteroatoms. The lowest BCUT2D eigenvalue weighted by Crippen LogP contribution is -2.34. The van der Waals surface area contributed by atoms with Gasteiger partial charge in [0.1, 0.15) is 0 Å². The van der Waals surface area contributed by atoms with Crippen LogP contribution in [0.2, 0.25) is 0 Å². The van der Waals surface area contributed by atoms with Crippen molar-refractivity contribution >= 4 is 15.7 Å². The van der Waals surface area contributed by atoms with Gasteiger partial charge in [0, 0.05) is 18.7 Å². The Morgan fingerprint density at radius 3 is 2.79 bits per heavy atom. The molecule has 1 aromatic carbocycles. The van der Waals surface area contributed by atoms with Gasteiger partial charge in [-0.25, -0.2) is 8.42 Å². The molecule has 1 aliphatic heterocycles. The molecular weight excluding hydrogens is 326 g/mol. The van der Waals surface area contributed by atoms with Gasteiger partial charge in [-0.3, -0.25) is 9.48 Å². The number of carbonyl (C=O) groups excluding carboxylic acids is 1. The maximum Gasteiger partial charge on any atom is 0.222 e. The highest BCUT2D eigenvalue weighted by molar-refractivity contribution is 7.91. The number of nitrogens with one attached hydrogen (secondary N) is 1. The van der Waals surface area contributed by atoms with Crippen LogP contribution in [0.1, 0.15) is 35.8 Å². The summed E-state index contributed by atoms with van der Waals surface area (Å²) in [6.45, 7) is 4.39. The molecule has 1 aliphatic rings. The average Bonchev–Trinajstić information content (AvgIpc) is 2.86. The van der Waals surface area contributed by atoms with Gasteiger partial charge in [0.15, 0.2) is 9.84 Å². The fourth-order valence-electron chi connectivity index (χ4n) is 3.12. The zero-order chi connectivity index (χ0) is 17.3. The summed E-state index contributed by atoms with van der Waals surface area (Å²) >= 11 is 0. The van der Waals surface area contributed by atoms with Crippen LogP contribution in [-0.4, -0.2) is 29.9 Å². The smallest absolute Gasteiger partial charge is 0.222 e. The topological polar surface area (TPSA) is 81.1 Å². The van der Waals surface area contributed by atoms with E-state index in [0.29, 0.717) is 29.8 Å². The van der Waals surface area contributed by atoms with Crippen molar-refractivity contribution in [2.45, 2.75) is 44.2 Å². The van der Waals surface area contributed by atoms with Gasteiger partial charge >= 0.3 is 0 Å². The maximum absolute atomic E-state index is 12.3. The van der Waals surface area contributed by atoms with Gasteiger partial charge in [-0.2, -0.15) is 5.10 Å². The normalized spacial score (nSPS) is 18.8. The van der Waals surface area contributed by atoms with Crippen molar-refractivity contribution in [1.29, 1.82) is 0 Å². The van der Waals surface area contributed by atoms with Crippen LogP contribution < -0.4 is 5.32 Å². The third-order valence-corrected chi connectivity index (χ3v) is 6.11. The minimum Gasteiger partial charge on any atom is -0.349 e. The summed E-state index contributed by atoms with van der Waals surface area (Å²) in [5.41, 5.74) is 2.64. The van der Waals surface area contributed by atoms with Crippen LogP contribution in [0.15, 0.2) is 35.2 Å². The standard InChI is InChI=1S/C17H21N3O3S/c1-12-11-13(2)20(19-12)9-7-17(21)18-15-8-10-24(22,23)16-6-4-3-5-14(15)16/h3-6,11,15H,7-10H2,1-2H3,(H,18,21)/t15-/m1/s1. The highest BCUT2D eigenvalue weighted by atomic mass is 32.2. The molecule has 1 atom stereocenters. The Morgan fingerprint density at radius 2 is 2.08 bits per heavy atom. The number of amides is 1. The van der Waals surface area contributed by atoms with Crippen LogP contribution in [0.4, 0.5) is 0 Å². The third kappa shape index (κ3) is 3.36. The molecule has 1 aromatic heterocycles. The van der Waals surface area contributed by atoms with Crippen molar-refractivity contribution in [2.75, 3.05) is 5.75 Å². The van der Waals surface area contributed by atoms with Gasteiger partial charge in [-0.05, 0) is 38.0 Å². The van der Waals surface area contributed by atoms with Crippen molar-refractivity contribution in [1.82, 2.24) is 15.1 Å². The first-order valence-electron chi connectivity index (χ1n) is 7.99. The molecule has 0 unspecified atom stereocenters. The number of rotatable bonds is 4. The highest BCUT2D eigenvalue weighted by Crippen LogP contribution is 2.31. The molecule has 1 N–H and O–H groups in total. The van der Waals surface area contributed by atoms with E-state index in [1.54, 1.807) is 24.3 Å². The lowest BCUT2D eigenvalue weighted by Gasteiger charge is -2.26. The van der Waals surface area contributed by atoms with Crippen LogP contribution >= 0.6 is 0 Å². The molecule has 0 aliphatic carbocycles. The van der Waals surface area contributed by atoms with Crippen LogP contribution in [-0.2, 0) is 21.2 Å². The second kappa shape index (κ2) is 6.39. The van der Waals surface area contributed by atoms with E-state index in [2.05, 4.69) is 10.4 Å². The number of carbonyl (C=O) groups is 1.